The summed E-state index contributed by atoms with van der Waals surface area (Å²) in [4.78, 5) is 12.0. The zero-order valence-electron chi connectivity index (χ0n) is 24.8. The van der Waals surface area contributed by atoms with E-state index in [4.69, 9.17) is 56.8 Å². The molecule has 41 heavy (non-hydrogen) atoms. The Labute approximate surface area is 243 Å². The third kappa shape index (κ3) is 20.5. The number of benzene rings is 1. The van der Waals surface area contributed by atoms with Gasteiger partial charge < -0.3 is 56.8 Å². The lowest BCUT2D eigenvalue weighted by atomic mass is 10.2. The third-order valence-electron chi connectivity index (χ3n) is 5.07. The number of ether oxygens (including phenoxy) is 12. The predicted molar refractivity (Wildman–Crippen MR) is 149 cm³/mol. The highest BCUT2D eigenvalue weighted by atomic mass is 16.6. The van der Waals surface area contributed by atoms with Crippen LogP contribution in [0.25, 0.3) is 0 Å². The highest BCUT2D eigenvalue weighted by Gasteiger charge is 2.15. The molecular formula is C28H48O13. The molecule has 0 unspecified atom stereocenters. The van der Waals surface area contributed by atoms with E-state index in [0.717, 1.165) is 0 Å². The van der Waals surface area contributed by atoms with Crippen LogP contribution in [0.15, 0.2) is 12.1 Å². The SMILES string of the molecule is COCCOCCOCCOc1cc(OCCOCCOCCOC)c(C=O)c(OCCOCCOCCOC)c1. The molecule has 13 nitrogen and oxygen atoms in total. The van der Waals surface area contributed by atoms with E-state index in [1.165, 1.54) is 0 Å². The zero-order valence-corrected chi connectivity index (χ0v) is 24.8. The van der Waals surface area contributed by atoms with Crippen LogP contribution in [0.1, 0.15) is 10.4 Å². The van der Waals surface area contributed by atoms with Crippen LogP contribution in [0.2, 0.25) is 0 Å². The summed E-state index contributed by atoms with van der Waals surface area (Å²) in [5.41, 5.74) is 0.271. The number of hydrogen-bond acceptors (Lipinski definition) is 13. The minimum Gasteiger partial charge on any atom is -0.491 e. The monoisotopic (exact) mass is 592 g/mol. The van der Waals surface area contributed by atoms with Gasteiger partial charge in [0.05, 0.1) is 105 Å². The second kappa shape index (κ2) is 28.1. The van der Waals surface area contributed by atoms with Crippen molar-refractivity contribution >= 4 is 6.29 Å². The fraction of sp³-hybridized carbons (Fsp3) is 0.750. The summed E-state index contributed by atoms with van der Waals surface area (Å²) in [6.07, 6.45) is 0.691. The Balaban J connectivity index is 2.56. The van der Waals surface area contributed by atoms with Crippen molar-refractivity contribution in [2.75, 3.05) is 140 Å². The highest BCUT2D eigenvalue weighted by Crippen LogP contribution is 2.33. The maximum Gasteiger partial charge on any atom is 0.157 e. The lowest BCUT2D eigenvalue weighted by Gasteiger charge is -2.16. The fourth-order valence-electron chi connectivity index (χ4n) is 3.05. The van der Waals surface area contributed by atoms with Gasteiger partial charge in [-0.1, -0.05) is 0 Å². The standard InChI is InChI=1S/C28H48O13/c1-30-4-7-33-10-13-36-16-19-39-25-22-27(40-20-17-37-14-11-34-8-5-31-2)26(24-29)28(23-25)41-21-18-38-15-12-35-9-6-32-3/h22-24H,4-21H2,1-3H3. The van der Waals surface area contributed by atoms with Crippen molar-refractivity contribution in [3.8, 4) is 17.2 Å². The van der Waals surface area contributed by atoms with Crippen molar-refractivity contribution in [2.24, 2.45) is 0 Å². The number of rotatable bonds is 31. The van der Waals surface area contributed by atoms with E-state index >= 15 is 0 Å². The Morgan fingerprint density at radius 1 is 0.439 bits per heavy atom. The van der Waals surface area contributed by atoms with Crippen molar-refractivity contribution in [1.82, 2.24) is 0 Å². The minimum absolute atomic E-state index is 0.222. The number of hydrogen-bond donors (Lipinski definition) is 0. The molecule has 1 aromatic rings. The van der Waals surface area contributed by atoms with E-state index in [1.807, 2.05) is 0 Å². The van der Waals surface area contributed by atoms with Crippen molar-refractivity contribution in [3.63, 3.8) is 0 Å². The Morgan fingerprint density at radius 2 is 0.732 bits per heavy atom. The second-order valence-corrected chi connectivity index (χ2v) is 8.15. The van der Waals surface area contributed by atoms with E-state index in [0.29, 0.717) is 123 Å². The van der Waals surface area contributed by atoms with E-state index < -0.39 is 0 Å². The zero-order chi connectivity index (χ0) is 29.6. The van der Waals surface area contributed by atoms with E-state index in [-0.39, 0.29) is 25.4 Å². The van der Waals surface area contributed by atoms with Gasteiger partial charge in [-0.25, -0.2) is 0 Å². The molecule has 13 heteroatoms. The molecule has 0 radical (unpaired) electrons. The van der Waals surface area contributed by atoms with Gasteiger partial charge in [-0.05, 0) is 0 Å². The summed E-state index contributed by atoms with van der Waals surface area (Å²) in [5.74, 6) is 1.13. The number of carbonyl (C=O) groups is 1. The molecule has 0 aliphatic carbocycles. The lowest BCUT2D eigenvalue weighted by molar-refractivity contribution is 0.0168. The first-order valence-corrected chi connectivity index (χ1v) is 13.7. The molecule has 0 spiro atoms. The first kappa shape index (κ1) is 37.0. The van der Waals surface area contributed by atoms with Crippen molar-refractivity contribution < 1.29 is 61.6 Å². The van der Waals surface area contributed by atoms with E-state index in [1.54, 1.807) is 33.5 Å². The minimum atomic E-state index is 0.222. The van der Waals surface area contributed by atoms with E-state index in [9.17, 15) is 4.79 Å². The average molecular weight is 593 g/mol. The molecule has 0 saturated carbocycles. The normalized spacial score (nSPS) is 11.1. The molecular weight excluding hydrogens is 544 g/mol. The van der Waals surface area contributed by atoms with Crippen LogP contribution < -0.4 is 14.2 Å². The molecule has 1 aromatic carbocycles. The van der Waals surface area contributed by atoms with Crippen LogP contribution in [0.3, 0.4) is 0 Å². The summed E-state index contributed by atoms with van der Waals surface area (Å²) in [6, 6.07) is 3.29. The van der Waals surface area contributed by atoms with Gasteiger partial charge >= 0.3 is 0 Å². The molecule has 1 rings (SSSR count). The van der Waals surface area contributed by atoms with Crippen LogP contribution in [-0.2, 0) is 42.6 Å². The van der Waals surface area contributed by atoms with Crippen LogP contribution in [-0.4, -0.2) is 147 Å². The van der Waals surface area contributed by atoms with Gasteiger partial charge in [0.25, 0.3) is 0 Å². The predicted octanol–water partition coefficient (Wildman–Crippen LogP) is 1.67. The molecule has 0 saturated heterocycles. The van der Waals surface area contributed by atoms with Crippen molar-refractivity contribution in [1.29, 1.82) is 0 Å². The number of aldehydes is 1. The molecule has 0 atom stereocenters. The van der Waals surface area contributed by atoms with Crippen molar-refractivity contribution in [2.45, 2.75) is 0 Å². The maximum absolute atomic E-state index is 12.0. The topological polar surface area (TPSA) is 128 Å². The summed E-state index contributed by atoms with van der Waals surface area (Å²) in [5, 5.41) is 0. The number of carbonyl (C=O) groups excluding carboxylic acids is 1. The summed E-state index contributed by atoms with van der Waals surface area (Å²) < 4.78 is 65.0. The Hall–Kier alpha value is -2.07. The second-order valence-electron chi connectivity index (χ2n) is 8.15. The quantitative estimate of drug-likeness (QED) is 0.0917. The Morgan fingerprint density at radius 3 is 1.05 bits per heavy atom. The summed E-state index contributed by atoms with van der Waals surface area (Å²) in [6.45, 7) is 7.50. The molecule has 238 valence electrons. The Bertz CT molecular complexity index is 692. The van der Waals surface area contributed by atoms with Crippen LogP contribution in [0, 0.1) is 0 Å². The largest absolute Gasteiger partial charge is 0.491 e. The van der Waals surface area contributed by atoms with Gasteiger partial charge in [-0.2, -0.15) is 0 Å². The fourth-order valence-corrected chi connectivity index (χ4v) is 3.05. The van der Waals surface area contributed by atoms with Gasteiger partial charge in [0.15, 0.2) is 6.29 Å². The molecule has 0 heterocycles. The molecule has 0 N–H and O–H groups in total. The van der Waals surface area contributed by atoms with Gasteiger partial charge in [0.2, 0.25) is 0 Å². The third-order valence-corrected chi connectivity index (χ3v) is 5.07. The van der Waals surface area contributed by atoms with Crippen LogP contribution in [0.4, 0.5) is 0 Å². The Kier molecular flexibility index (Phi) is 25.3. The lowest BCUT2D eigenvalue weighted by Crippen LogP contribution is -2.15. The summed E-state index contributed by atoms with van der Waals surface area (Å²) >= 11 is 0. The maximum atomic E-state index is 12.0. The van der Waals surface area contributed by atoms with Gasteiger partial charge in [0.1, 0.15) is 37.1 Å². The van der Waals surface area contributed by atoms with Crippen LogP contribution >= 0.6 is 0 Å². The van der Waals surface area contributed by atoms with Crippen LogP contribution in [0.5, 0.6) is 17.2 Å². The first-order chi connectivity index (χ1) is 20.3. The highest BCUT2D eigenvalue weighted by molar-refractivity contribution is 5.84. The molecule has 0 aliphatic rings. The number of methoxy groups -OCH3 is 3. The van der Waals surface area contributed by atoms with E-state index in [2.05, 4.69) is 0 Å². The van der Waals surface area contributed by atoms with Gasteiger partial charge in [0, 0.05) is 33.5 Å². The molecule has 0 fully saturated rings. The molecule has 0 aromatic heterocycles. The first-order valence-electron chi connectivity index (χ1n) is 13.7. The summed E-state index contributed by atoms with van der Waals surface area (Å²) in [7, 11) is 4.86. The smallest absolute Gasteiger partial charge is 0.157 e. The van der Waals surface area contributed by atoms with Gasteiger partial charge in [-0.15, -0.1) is 0 Å². The molecule has 0 amide bonds. The molecule has 0 bridgehead atoms. The average Bonchev–Trinajstić information content (AvgIpc) is 2.98. The van der Waals surface area contributed by atoms with Crippen molar-refractivity contribution in [3.05, 3.63) is 17.7 Å². The molecule has 0 aliphatic heterocycles. The van der Waals surface area contributed by atoms with Gasteiger partial charge in [-0.3, -0.25) is 4.79 Å².